The zero-order valence-corrected chi connectivity index (χ0v) is 22.0. The number of amides is 4. The van der Waals surface area contributed by atoms with E-state index in [1.807, 2.05) is 0 Å². The van der Waals surface area contributed by atoms with Gasteiger partial charge in [0.15, 0.2) is 0 Å². The molecular formula is C32H18N2O9. The third-order valence-corrected chi connectivity index (χ3v) is 8.40. The van der Waals surface area contributed by atoms with Crippen molar-refractivity contribution in [1.29, 1.82) is 0 Å². The Kier molecular flexibility index (Phi) is 5.51. The first-order valence-corrected chi connectivity index (χ1v) is 13.2. The summed E-state index contributed by atoms with van der Waals surface area (Å²) in [4.78, 5) is 102. The number of carboxylic acids is 1. The van der Waals surface area contributed by atoms with Gasteiger partial charge >= 0.3 is 5.97 Å². The van der Waals surface area contributed by atoms with Crippen molar-refractivity contribution in [2.24, 2.45) is 0 Å². The molecule has 5 aromatic carbocycles. The van der Waals surface area contributed by atoms with Crippen LogP contribution in [0.3, 0.4) is 0 Å². The zero-order valence-electron chi connectivity index (χ0n) is 22.0. The standard InChI is InChI=1S/C32H18N2O9/c35-10-9-14(12-36)33-29(40)20-5-1-16-18-3-7-22-28-23(32(43)34(31(22)42)15(13-37)11-24(38)39)8-4-19(26(18)28)17-2-6-21(30(33)41)27(20)25(16)17/h1-8,10,12-15H,9,11H2,(H,38,39). The van der Waals surface area contributed by atoms with Crippen LogP contribution in [0.15, 0.2) is 48.5 Å². The Morgan fingerprint density at radius 2 is 0.930 bits per heavy atom. The topological polar surface area (TPSA) is 163 Å². The molecule has 5 aromatic rings. The molecule has 0 spiro atoms. The highest BCUT2D eigenvalue weighted by atomic mass is 16.4. The van der Waals surface area contributed by atoms with Crippen LogP contribution in [-0.2, 0) is 19.2 Å². The normalized spacial score (nSPS) is 16.0. The SMILES string of the molecule is O=CCC(C=O)N1C(=O)c2ccc3c4ccc5c6c(ccc(c7ccc(c2c37)C1=O)c64)C(=O)N(C(C=O)CC(=O)O)C5=O. The molecule has 11 nitrogen and oxygen atoms in total. The number of carboxylic acid groups (broad SMARTS) is 1. The lowest BCUT2D eigenvalue weighted by atomic mass is 9.82. The van der Waals surface area contributed by atoms with Gasteiger partial charge in [-0.15, -0.1) is 0 Å². The van der Waals surface area contributed by atoms with Crippen LogP contribution >= 0.6 is 0 Å². The van der Waals surface area contributed by atoms with Crippen LogP contribution in [0.2, 0.25) is 0 Å². The third-order valence-electron chi connectivity index (χ3n) is 8.40. The van der Waals surface area contributed by atoms with Gasteiger partial charge in [0.2, 0.25) is 0 Å². The van der Waals surface area contributed by atoms with E-state index >= 15 is 0 Å². The minimum Gasteiger partial charge on any atom is -0.481 e. The second-order valence-corrected chi connectivity index (χ2v) is 10.5. The van der Waals surface area contributed by atoms with Crippen molar-refractivity contribution in [3.8, 4) is 0 Å². The van der Waals surface area contributed by atoms with E-state index < -0.39 is 48.1 Å². The zero-order chi connectivity index (χ0) is 30.3. The van der Waals surface area contributed by atoms with E-state index in [4.69, 9.17) is 0 Å². The van der Waals surface area contributed by atoms with E-state index in [0.29, 0.717) is 60.6 Å². The number of fused-ring (bicyclic) bond motifs is 2. The van der Waals surface area contributed by atoms with Crippen LogP contribution in [0, 0.1) is 0 Å². The van der Waals surface area contributed by atoms with E-state index in [-0.39, 0.29) is 35.0 Å². The van der Waals surface area contributed by atoms with E-state index in [0.717, 1.165) is 4.90 Å². The Bertz CT molecular complexity index is 2060. The van der Waals surface area contributed by atoms with Crippen molar-refractivity contribution in [2.45, 2.75) is 24.9 Å². The number of aldehydes is 3. The molecule has 0 bridgehead atoms. The molecule has 0 aromatic heterocycles. The minimum atomic E-state index is -1.48. The smallest absolute Gasteiger partial charge is 0.305 e. The second kappa shape index (κ2) is 9.08. The fourth-order valence-corrected chi connectivity index (χ4v) is 6.61. The first-order valence-electron chi connectivity index (χ1n) is 13.2. The first kappa shape index (κ1) is 26.1. The van der Waals surface area contributed by atoms with Gasteiger partial charge in [0.25, 0.3) is 23.6 Å². The summed E-state index contributed by atoms with van der Waals surface area (Å²) >= 11 is 0. The van der Waals surface area contributed by atoms with E-state index in [2.05, 4.69) is 0 Å². The van der Waals surface area contributed by atoms with Crippen LogP contribution in [-0.4, -0.2) is 75.4 Å². The number of rotatable bonds is 8. The van der Waals surface area contributed by atoms with Crippen molar-refractivity contribution < 1.29 is 43.5 Å². The Balaban J connectivity index is 1.51. The summed E-state index contributed by atoms with van der Waals surface area (Å²) in [5, 5.41) is 13.8. The fourth-order valence-electron chi connectivity index (χ4n) is 6.61. The Morgan fingerprint density at radius 1 is 0.581 bits per heavy atom. The van der Waals surface area contributed by atoms with Crippen molar-refractivity contribution >= 4 is 91.5 Å². The molecule has 210 valence electrons. The number of imide groups is 2. The molecule has 2 atom stereocenters. The molecule has 43 heavy (non-hydrogen) atoms. The van der Waals surface area contributed by atoms with Crippen LogP contribution in [0.4, 0.5) is 0 Å². The summed E-state index contributed by atoms with van der Waals surface area (Å²) in [5.41, 5.74) is 0.665. The fraction of sp³-hybridized carbons (Fsp3) is 0.125. The monoisotopic (exact) mass is 574 g/mol. The van der Waals surface area contributed by atoms with Gasteiger partial charge in [-0.1, -0.05) is 24.3 Å². The summed E-state index contributed by atoms with van der Waals surface area (Å²) in [6, 6.07) is 10.2. The molecule has 0 radical (unpaired) electrons. The molecular weight excluding hydrogens is 556 g/mol. The highest BCUT2D eigenvalue weighted by Crippen LogP contribution is 2.46. The maximum Gasteiger partial charge on any atom is 0.305 e. The van der Waals surface area contributed by atoms with Gasteiger partial charge in [0.1, 0.15) is 30.9 Å². The molecule has 2 unspecified atom stereocenters. The van der Waals surface area contributed by atoms with Crippen LogP contribution < -0.4 is 0 Å². The Morgan fingerprint density at radius 3 is 1.23 bits per heavy atom. The van der Waals surface area contributed by atoms with Crippen LogP contribution in [0.5, 0.6) is 0 Å². The van der Waals surface area contributed by atoms with Crippen molar-refractivity contribution in [3.63, 3.8) is 0 Å². The van der Waals surface area contributed by atoms with Crippen LogP contribution in [0.25, 0.3) is 43.1 Å². The van der Waals surface area contributed by atoms with Gasteiger partial charge in [0, 0.05) is 39.4 Å². The number of benzene rings is 5. The van der Waals surface area contributed by atoms with Gasteiger partial charge in [0.05, 0.1) is 6.42 Å². The van der Waals surface area contributed by atoms with E-state index in [1.54, 1.807) is 36.4 Å². The van der Waals surface area contributed by atoms with E-state index in [1.165, 1.54) is 12.1 Å². The molecule has 0 aliphatic carbocycles. The molecule has 2 aliphatic rings. The highest BCUT2D eigenvalue weighted by Gasteiger charge is 2.41. The molecule has 4 amide bonds. The summed E-state index contributed by atoms with van der Waals surface area (Å²) in [6.07, 6.45) is 0.0943. The minimum absolute atomic E-state index is 0.137. The molecule has 1 N–H and O–H groups in total. The average molecular weight is 575 g/mol. The van der Waals surface area contributed by atoms with Crippen molar-refractivity contribution in [1.82, 2.24) is 9.80 Å². The van der Waals surface area contributed by atoms with Gasteiger partial charge in [-0.3, -0.25) is 33.8 Å². The molecule has 0 fully saturated rings. The molecule has 0 saturated heterocycles. The molecule has 11 heteroatoms. The van der Waals surface area contributed by atoms with Crippen LogP contribution in [0.1, 0.15) is 54.3 Å². The van der Waals surface area contributed by atoms with Crippen molar-refractivity contribution in [2.75, 3.05) is 0 Å². The van der Waals surface area contributed by atoms with Gasteiger partial charge < -0.3 is 19.5 Å². The molecule has 0 saturated carbocycles. The predicted octanol–water partition coefficient (Wildman–Crippen LogP) is 3.13. The number of carbonyl (C=O) groups is 8. The summed E-state index contributed by atoms with van der Waals surface area (Å²) in [7, 11) is 0. The van der Waals surface area contributed by atoms with Gasteiger partial charge in [-0.25, -0.2) is 0 Å². The summed E-state index contributed by atoms with van der Waals surface area (Å²) in [6.45, 7) is 0. The lowest BCUT2D eigenvalue weighted by molar-refractivity contribution is -0.139. The maximum absolute atomic E-state index is 13.6. The number of carbonyl (C=O) groups excluding carboxylic acids is 7. The Labute approximate surface area is 240 Å². The molecule has 7 rings (SSSR count). The Hall–Kier alpha value is -5.84. The number of hydrogen-bond donors (Lipinski definition) is 1. The van der Waals surface area contributed by atoms with Gasteiger partial charge in [-0.2, -0.15) is 0 Å². The number of hydrogen-bond acceptors (Lipinski definition) is 8. The van der Waals surface area contributed by atoms with E-state index in [9.17, 15) is 43.5 Å². The number of nitrogens with zero attached hydrogens (tertiary/aromatic N) is 2. The lowest BCUT2D eigenvalue weighted by Gasteiger charge is -2.32. The van der Waals surface area contributed by atoms with Gasteiger partial charge in [-0.05, 0) is 56.6 Å². The number of aliphatic carboxylic acids is 1. The lowest BCUT2D eigenvalue weighted by Crippen LogP contribution is -2.48. The maximum atomic E-state index is 13.6. The summed E-state index contributed by atoms with van der Waals surface area (Å²) in [5.74, 6) is -4.30. The average Bonchev–Trinajstić information content (AvgIpc) is 3.00. The largest absolute Gasteiger partial charge is 0.481 e. The quantitative estimate of drug-likeness (QED) is 0.127. The second-order valence-electron chi connectivity index (χ2n) is 10.5. The third kappa shape index (κ3) is 3.30. The highest BCUT2D eigenvalue weighted by molar-refractivity contribution is 6.41. The molecule has 2 aliphatic heterocycles. The van der Waals surface area contributed by atoms with Crippen molar-refractivity contribution in [3.05, 3.63) is 70.8 Å². The predicted molar refractivity (Wildman–Crippen MR) is 151 cm³/mol. The molecule has 2 heterocycles. The summed E-state index contributed by atoms with van der Waals surface area (Å²) < 4.78 is 0. The first-order chi connectivity index (χ1) is 20.7.